The minimum absolute atomic E-state index is 0.0353. The number of thioether (sulfide) groups is 1. The number of hydrogen-bond acceptors (Lipinski definition) is 5. The Morgan fingerprint density at radius 2 is 1.87 bits per heavy atom. The highest BCUT2D eigenvalue weighted by molar-refractivity contribution is 8.18. The SMILES string of the molecule is O=C1N=C(N2CC[C@H]2C(=O)O)SC1=C(Cc1ccc(C(F)(F)F)cc1C(F)(F)F)c1ccc2[nH]ncc2c1. The summed E-state index contributed by atoms with van der Waals surface area (Å²) >= 11 is 0.832. The van der Waals surface area contributed by atoms with Crippen LogP contribution in [0.4, 0.5) is 26.3 Å². The number of alkyl halides is 6. The van der Waals surface area contributed by atoms with E-state index >= 15 is 0 Å². The number of allylic oxidation sites excluding steroid dienone is 1. The Bertz CT molecular complexity index is 1530. The molecule has 0 spiro atoms. The highest BCUT2D eigenvalue weighted by atomic mass is 32.2. The average Bonchev–Trinajstić information content (AvgIpc) is 3.41. The minimum atomic E-state index is -5.10. The molecule has 1 amide bonds. The van der Waals surface area contributed by atoms with E-state index in [4.69, 9.17) is 0 Å². The second-order valence-corrected chi connectivity index (χ2v) is 9.64. The fourth-order valence-electron chi connectivity index (χ4n) is 4.29. The number of carboxylic acids is 1. The van der Waals surface area contributed by atoms with Gasteiger partial charge in [-0.15, -0.1) is 0 Å². The Morgan fingerprint density at radius 3 is 2.50 bits per heavy atom. The number of aliphatic carboxylic acids is 1. The van der Waals surface area contributed by atoms with Crippen molar-refractivity contribution in [3.8, 4) is 0 Å². The first-order valence-electron chi connectivity index (χ1n) is 11.1. The molecule has 14 heteroatoms. The molecular weight excluding hydrogens is 538 g/mol. The van der Waals surface area contributed by atoms with Gasteiger partial charge < -0.3 is 10.0 Å². The van der Waals surface area contributed by atoms with E-state index in [-0.39, 0.29) is 21.7 Å². The van der Waals surface area contributed by atoms with Crippen LogP contribution in [0, 0.1) is 0 Å². The van der Waals surface area contributed by atoms with Crippen LogP contribution in [-0.4, -0.2) is 49.8 Å². The number of aromatic amines is 1. The Hall–Kier alpha value is -3.81. The standard InChI is InChI=1S/C24H16F6N4O3S/c25-23(26,27)14-3-1-12(16(9-14)24(28,29)30)8-15(11-2-4-17-13(7-11)10-31-33-17)19-20(35)32-22(38-19)34-6-5-18(34)21(36)37/h1-4,7,9-10,18H,5-6,8H2,(H,31,33)(H,36,37)/t18-/m0/s1. The number of nitrogens with zero attached hydrogens (tertiary/aromatic N) is 3. The lowest BCUT2D eigenvalue weighted by molar-refractivity contribution is -0.145. The van der Waals surface area contributed by atoms with Gasteiger partial charge in [-0.3, -0.25) is 9.89 Å². The van der Waals surface area contributed by atoms with E-state index in [1.165, 1.54) is 11.1 Å². The maximum absolute atomic E-state index is 13.9. The molecule has 2 aliphatic heterocycles. The molecular formula is C24H16F6N4O3S. The molecule has 0 radical (unpaired) electrons. The van der Waals surface area contributed by atoms with Crippen LogP contribution < -0.4 is 0 Å². The van der Waals surface area contributed by atoms with Crippen LogP contribution in [0.2, 0.25) is 0 Å². The monoisotopic (exact) mass is 554 g/mol. The van der Waals surface area contributed by atoms with Crippen molar-refractivity contribution >= 4 is 45.3 Å². The first-order valence-corrected chi connectivity index (χ1v) is 11.9. The number of amidine groups is 1. The second kappa shape index (κ2) is 9.19. The maximum Gasteiger partial charge on any atom is 0.416 e. The van der Waals surface area contributed by atoms with Crippen molar-refractivity contribution in [2.45, 2.75) is 31.2 Å². The first-order chi connectivity index (χ1) is 17.8. The summed E-state index contributed by atoms with van der Waals surface area (Å²) in [6.45, 7) is 0.330. The first kappa shape index (κ1) is 25.8. The summed E-state index contributed by atoms with van der Waals surface area (Å²) in [7, 11) is 0. The summed E-state index contributed by atoms with van der Waals surface area (Å²) in [6.07, 6.45) is -8.79. The number of amides is 1. The van der Waals surface area contributed by atoms with Crippen molar-refractivity contribution in [2.75, 3.05) is 6.54 Å². The third-order valence-corrected chi connectivity index (χ3v) is 7.44. The van der Waals surface area contributed by atoms with Gasteiger partial charge in [0.25, 0.3) is 5.91 Å². The Balaban J connectivity index is 1.61. The molecule has 3 heterocycles. The predicted molar refractivity (Wildman–Crippen MR) is 126 cm³/mol. The van der Waals surface area contributed by atoms with Crippen LogP contribution in [0.25, 0.3) is 16.5 Å². The number of hydrogen-bond donors (Lipinski definition) is 2. The number of aromatic nitrogens is 2. The van der Waals surface area contributed by atoms with Crippen LogP contribution in [-0.2, 0) is 28.4 Å². The molecule has 1 fully saturated rings. The topological polar surface area (TPSA) is 98.6 Å². The quantitative estimate of drug-likeness (QED) is 0.334. The lowest BCUT2D eigenvalue weighted by Gasteiger charge is -2.38. The molecule has 3 aromatic rings. The number of aliphatic imine (C=N–C) groups is 1. The zero-order valence-corrected chi connectivity index (χ0v) is 19.8. The molecule has 7 nitrogen and oxygen atoms in total. The van der Waals surface area contributed by atoms with Gasteiger partial charge in [0.05, 0.1) is 27.7 Å². The molecule has 2 aliphatic rings. The second-order valence-electron chi connectivity index (χ2n) is 8.66. The van der Waals surface area contributed by atoms with Gasteiger partial charge in [-0.1, -0.05) is 12.1 Å². The number of rotatable bonds is 4. The van der Waals surface area contributed by atoms with Crippen LogP contribution in [0.1, 0.15) is 28.7 Å². The smallest absolute Gasteiger partial charge is 0.416 e. The Labute approximate surface area is 214 Å². The molecule has 0 unspecified atom stereocenters. The number of carbonyl (C=O) groups is 2. The normalized spacial score (nSPS) is 19.5. The highest BCUT2D eigenvalue weighted by Crippen LogP contribution is 2.42. The van der Waals surface area contributed by atoms with Gasteiger partial charge in [-0.2, -0.15) is 36.4 Å². The fourth-order valence-corrected chi connectivity index (χ4v) is 5.38. The molecule has 1 aromatic heterocycles. The van der Waals surface area contributed by atoms with E-state index < -0.39 is 53.4 Å². The van der Waals surface area contributed by atoms with E-state index in [1.807, 2.05) is 0 Å². The zero-order valence-electron chi connectivity index (χ0n) is 19.0. The van der Waals surface area contributed by atoms with Crippen LogP contribution in [0.3, 0.4) is 0 Å². The van der Waals surface area contributed by atoms with Gasteiger partial charge in [-0.05, 0) is 65.6 Å². The van der Waals surface area contributed by atoms with Crippen molar-refractivity contribution < 1.29 is 41.0 Å². The molecule has 198 valence electrons. The summed E-state index contributed by atoms with van der Waals surface area (Å²) in [4.78, 5) is 29.7. The van der Waals surface area contributed by atoms with Crippen LogP contribution in [0.15, 0.2) is 52.5 Å². The van der Waals surface area contributed by atoms with Gasteiger partial charge in [0, 0.05) is 11.9 Å². The third kappa shape index (κ3) is 4.75. The fraction of sp³-hybridized carbons (Fsp3) is 0.250. The molecule has 1 atom stereocenters. The van der Waals surface area contributed by atoms with E-state index in [1.54, 1.807) is 18.2 Å². The summed E-state index contributed by atoms with van der Waals surface area (Å²) in [5, 5.41) is 16.7. The number of carbonyl (C=O) groups excluding carboxylic acids is 1. The molecule has 2 N–H and O–H groups in total. The third-order valence-electron chi connectivity index (χ3n) is 6.31. The summed E-state index contributed by atoms with van der Waals surface area (Å²) in [6, 6.07) is 5.24. The predicted octanol–water partition coefficient (Wildman–Crippen LogP) is 5.34. The van der Waals surface area contributed by atoms with Crippen LogP contribution in [0.5, 0.6) is 0 Å². The van der Waals surface area contributed by atoms with Crippen molar-refractivity contribution in [2.24, 2.45) is 4.99 Å². The summed E-state index contributed by atoms with van der Waals surface area (Å²) < 4.78 is 81.2. The molecule has 0 bridgehead atoms. The average molecular weight is 554 g/mol. The number of likely N-dealkylation sites (tertiary alicyclic amines) is 1. The van der Waals surface area contributed by atoms with Gasteiger partial charge in [0.15, 0.2) is 5.17 Å². The van der Waals surface area contributed by atoms with E-state index in [2.05, 4.69) is 15.2 Å². The number of halogens is 6. The van der Waals surface area contributed by atoms with Gasteiger partial charge in [0.1, 0.15) is 6.04 Å². The number of H-pyrrole nitrogens is 1. The van der Waals surface area contributed by atoms with Crippen molar-refractivity contribution in [1.29, 1.82) is 0 Å². The van der Waals surface area contributed by atoms with Gasteiger partial charge in [0.2, 0.25) is 0 Å². The number of nitrogens with one attached hydrogen (secondary N) is 1. The van der Waals surface area contributed by atoms with E-state index in [9.17, 15) is 41.0 Å². The van der Waals surface area contributed by atoms with Crippen molar-refractivity contribution in [1.82, 2.24) is 15.1 Å². The molecule has 0 saturated carbocycles. The largest absolute Gasteiger partial charge is 0.480 e. The molecule has 1 saturated heterocycles. The van der Waals surface area contributed by atoms with Crippen molar-refractivity contribution in [3.63, 3.8) is 0 Å². The van der Waals surface area contributed by atoms with E-state index in [0.717, 1.165) is 17.8 Å². The van der Waals surface area contributed by atoms with Gasteiger partial charge >= 0.3 is 18.3 Å². The Morgan fingerprint density at radius 1 is 1.11 bits per heavy atom. The van der Waals surface area contributed by atoms with Crippen LogP contribution >= 0.6 is 11.8 Å². The molecule has 38 heavy (non-hydrogen) atoms. The van der Waals surface area contributed by atoms with Crippen molar-refractivity contribution in [3.05, 3.63) is 69.8 Å². The number of carboxylic acid groups (broad SMARTS) is 1. The number of fused-ring (bicyclic) bond motifs is 1. The summed E-state index contributed by atoms with van der Waals surface area (Å²) in [5.74, 6) is -1.88. The maximum atomic E-state index is 13.9. The number of benzene rings is 2. The molecule has 0 aliphatic carbocycles. The lowest BCUT2D eigenvalue weighted by atomic mass is 9.92. The lowest BCUT2D eigenvalue weighted by Crippen LogP contribution is -2.54. The minimum Gasteiger partial charge on any atom is -0.480 e. The molecule has 5 rings (SSSR count). The van der Waals surface area contributed by atoms with Gasteiger partial charge in [-0.25, -0.2) is 4.79 Å². The molecule has 2 aromatic carbocycles. The Kier molecular flexibility index (Phi) is 6.24. The zero-order chi connectivity index (χ0) is 27.4. The summed E-state index contributed by atoms with van der Waals surface area (Å²) in [5.41, 5.74) is -2.31. The van der Waals surface area contributed by atoms with E-state index in [0.29, 0.717) is 35.5 Å². The highest BCUT2D eigenvalue weighted by Gasteiger charge is 2.41.